The van der Waals surface area contributed by atoms with E-state index in [1.165, 1.54) is 0 Å². The molecule has 3 rings (SSSR count). The van der Waals surface area contributed by atoms with Crippen molar-refractivity contribution < 1.29 is 14.3 Å². The lowest BCUT2D eigenvalue weighted by Gasteiger charge is -2.23. The Bertz CT molecular complexity index is 918. The molecule has 0 saturated carbocycles. The van der Waals surface area contributed by atoms with Gasteiger partial charge in [0.25, 0.3) is 5.91 Å². The lowest BCUT2D eigenvalue weighted by atomic mass is 10.1. The number of benzene rings is 2. The van der Waals surface area contributed by atoms with Crippen LogP contribution in [-0.2, 0) is 16.0 Å². The molecular weight excluding hydrogens is 466 g/mol. The number of nitrogens with zero attached hydrogens (tertiary/aromatic N) is 2. The predicted molar refractivity (Wildman–Crippen MR) is 125 cm³/mol. The van der Waals surface area contributed by atoms with Gasteiger partial charge in [0, 0.05) is 23.2 Å². The molecule has 0 bridgehead atoms. The first kappa shape index (κ1) is 22.2. The van der Waals surface area contributed by atoms with Crippen molar-refractivity contribution in [1.29, 1.82) is 0 Å². The maximum atomic E-state index is 12.9. The van der Waals surface area contributed by atoms with Gasteiger partial charge in [-0.3, -0.25) is 14.5 Å². The molecule has 1 N–H and O–H groups in total. The Morgan fingerprint density at radius 2 is 1.83 bits per heavy atom. The molecule has 2 amide bonds. The van der Waals surface area contributed by atoms with Crippen molar-refractivity contribution >= 4 is 50.8 Å². The number of likely N-dealkylation sites (N-methyl/N-ethyl adjacent to an activating group) is 1. The molecule has 1 fully saturated rings. The van der Waals surface area contributed by atoms with E-state index in [1.807, 2.05) is 60.4 Å². The van der Waals surface area contributed by atoms with E-state index in [0.717, 1.165) is 15.8 Å². The van der Waals surface area contributed by atoms with E-state index < -0.39 is 6.04 Å². The molecule has 8 heteroatoms. The molecular formula is C22H24BrN3O3S. The minimum absolute atomic E-state index is 0.0498. The molecule has 0 aliphatic carbocycles. The van der Waals surface area contributed by atoms with E-state index in [1.54, 1.807) is 12.0 Å². The van der Waals surface area contributed by atoms with Crippen LogP contribution in [0.3, 0.4) is 0 Å². The van der Waals surface area contributed by atoms with Gasteiger partial charge in [-0.25, -0.2) is 0 Å². The lowest BCUT2D eigenvalue weighted by Crippen LogP contribution is -2.39. The van der Waals surface area contributed by atoms with Crippen molar-refractivity contribution in [3.8, 4) is 5.75 Å². The molecule has 0 radical (unpaired) electrons. The fraction of sp³-hybridized carbons (Fsp3) is 0.318. The maximum Gasteiger partial charge on any atom is 0.252 e. The Morgan fingerprint density at radius 1 is 1.17 bits per heavy atom. The smallest absolute Gasteiger partial charge is 0.252 e. The predicted octanol–water partition coefficient (Wildman–Crippen LogP) is 3.85. The minimum Gasteiger partial charge on any atom is -0.497 e. The van der Waals surface area contributed by atoms with Crippen molar-refractivity contribution in [3.63, 3.8) is 0 Å². The third kappa shape index (κ3) is 5.17. The number of rotatable bonds is 8. The van der Waals surface area contributed by atoms with Crippen LogP contribution >= 0.6 is 28.1 Å². The summed E-state index contributed by atoms with van der Waals surface area (Å²) in [7, 11) is 1.63. The molecule has 0 aromatic heterocycles. The monoisotopic (exact) mass is 489 g/mol. The summed E-state index contributed by atoms with van der Waals surface area (Å²) in [5, 5.41) is 3.34. The number of nitrogens with one attached hydrogen (secondary N) is 1. The molecule has 2 aromatic carbocycles. The SMILES string of the molecule is CCN1C(=O)C(CC(=O)Nc2ccc(Br)cc2)N(CCc2ccc(OC)cc2)C1=S. The molecule has 158 valence electrons. The highest BCUT2D eigenvalue weighted by Crippen LogP contribution is 2.23. The number of anilines is 1. The number of methoxy groups -OCH3 is 1. The fourth-order valence-corrected chi connectivity index (χ4v) is 4.10. The molecule has 30 heavy (non-hydrogen) atoms. The molecule has 1 aliphatic rings. The third-order valence-corrected chi connectivity index (χ3v) is 6.01. The Labute approximate surface area is 190 Å². The summed E-state index contributed by atoms with van der Waals surface area (Å²) >= 11 is 8.91. The number of carbonyl (C=O) groups excluding carboxylic acids is 2. The normalized spacial score (nSPS) is 16.2. The fourth-order valence-electron chi connectivity index (χ4n) is 3.40. The molecule has 1 saturated heterocycles. The first-order valence-corrected chi connectivity index (χ1v) is 10.9. The Kier molecular flexibility index (Phi) is 7.44. The van der Waals surface area contributed by atoms with Crippen molar-refractivity contribution in [1.82, 2.24) is 9.80 Å². The van der Waals surface area contributed by atoms with Gasteiger partial charge < -0.3 is 15.0 Å². The van der Waals surface area contributed by atoms with Crippen LogP contribution in [0.2, 0.25) is 0 Å². The molecule has 1 unspecified atom stereocenters. The topological polar surface area (TPSA) is 61.9 Å². The first-order valence-electron chi connectivity index (χ1n) is 9.73. The zero-order valence-electron chi connectivity index (χ0n) is 16.9. The van der Waals surface area contributed by atoms with Crippen LogP contribution < -0.4 is 10.1 Å². The average Bonchev–Trinajstić information content (AvgIpc) is 2.97. The van der Waals surface area contributed by atoms with Crippen LogP contribution in [0.1, 0.15) is 18.9 Å². The van der Waals surface area contributed by atoms with E-state index in [2.05, 4.69) is 21.2 Å². The molecule has 1 aliphatic heterocycles. The summed E-state index contributed by atoms with van der Waals surface area (Å²) in [5.74, 6) is 0.458. The van der Waals surface area contributed by atoms with E-state index in [0.29, 0.717) is 30.3 Å². The Balaban J connectivity index is 1.68. The average molecular weight is 490 g/mol. The van der Waals surface area contributed by atoms with Gasteiger partial charge in [-0.2, -0.15) is 0 Å². The number of ether oxygens (including phenoxy) is 1. The lowest BCUT2D eigenvalue weighted by molar-refractivity contribution is -0.130. The summed E-state index contributed by atoms with van der Waals surface area (Å²) < 4.78 is 6.12. The number of hydrogen-bond donors (Lipinski definition) is 1. The maximum absolute atomic E-state index is 12.9. The summed E-state index contributed by atoms with van der Waals surface area (Å²) in [5.41, 5.74) is 1.80. The second kappa shape index (κ2) is 10.0. The van der Waals surface area contributed by atoms with Gasteiger partial charge in [-0.15, -0.1) is 0 Å². The van der Waals surface area contributed by atoms with E-state index in [9.17, 15) is 9.59 Å². The highest BCUT2D eigenvalue weighted by Gasteiger charge is 2.42. The number of thiocarbonyl (C=S) groups is 1. The third-order valence-electron chi connectivity index (χ3n) is 5.03. The zero-order chi connectivity index (χ0) is 21.7. The molecule has 0 spiro atoms. The van der Waals surface area contributed by atoms with Gasteiger partial charge in [0.2, 0.25) is 5.91 Å². The summed E-state index contributed by atoms with van der Waals surface area (Å²) in [4.78, 5) is 28.9. The van der Waals surface area contributed by atoms with Crippen molar-refractivity contribution in [3.05, 3.63) is 58.6 Å². The Hall–Kier alpha value is -2.45. The van der Waals surface area contributed by atoms with E-state index in [4.69, 9.17) is 17.0 Å². The minimum atomic E-state index is -0.592. The number of carbonyl (C=O) groups is 2. The van der Waals surface area contributed by atoms with E-state index >= 15 is 0 Å². The summed E-state index contributed by atoms with van der Waals surface area (Å²) in [6.07, 6.45) is 0.758. The number of hydrogen-bond acceptors (Lipinski definition) is 4. The van der Waals surface area contributed by atoms with Gasteiger partial charge in [0.1, 0.15) is 11.8 Å². The van der Waals surface area contributed by atoms with Crippen LogP contribution in [0.5, 0.6) is 5.75 Å². The van der Waals surface area contributed by atoms with Crippen LogP contribution in [0.15, 0.2) is 53.0 Å². The van der Waals surface area contributed by atoms with Crippen LogP contribution in [0.25, 0.3) is 0 Å². The van der Waals surface area contributed by atoms with Gasteiger partial charge >= 0.3 is 0 Å². The highest BCUT2D eigenvalue weighted by atomic mass is 79.9. The Morgan fingerprint density at radius 3 is 2.43 bits per heavy atom. The van der Waals surface area contributed by atoms with Gasteiger partial charge in [0.05, 0.1) is 13.5 Å². The second-order valence-corrected chi connectivity index (χ2v) is 8.21. The quantitative estimate of drug-likeness (QED) is 0.570. The zero-order valence-corrected chi connectivity index (χ0v) is 19.3. The second-order valence-electron chi connectivity index (χ2n) is 6.93. The van der Waals surface area contributed by atoms with Crippen molar-refractivity contribution in [2.45, 2.75) is 25.8 Å². The van der Waals surface area contributed by atoms with Gasteiger partial charge in [-0.05, 0) is 67.5 Å². The number of halogens is 1. The standard InChI is InChI=1S/C22H24BrN3O3S/c1-3-25-21(28)19(14-20(27)24-17-8-6-16(23)7-9-17)26(22(25)30)13-12-15-4-10-18(29-2)11-5-15/h4-11,19H,3,12-14H2,1-2H3,(H,24,27). The summed E-state index contributed by atoms with van der Waals surface area (Å²) in [6.45, 7) is 2.93. The molecule has 6 nitrogen and oxygen atoms in total. The van der Waals surface area contributed by atoms with Crippen LogP contribution in [0.4, 0.5) is 5.69 Å². The highest BCUT2D eigenvalue weighted by molar-refractivity contribution is 9.10. The molecule has 2 aromatic rings. The van der Waals surface area contributed by atoms with Crippen LogP contribution in [0, 0.1) is 0 Å². The first-order chi connectivity index (χ1) is 14.4. The van der Waals surface area contributed by atoms with Crippen molar-refractivity contribution in [2.75, 3.05) is 25.5 Å². The van der Waals surface area contributed by atoms with Crippen molar-refractivity contribution in [2.24, 2.45) is 0 Å². The van der Waals surface area contributed by atoms with Gasteiger partial charge in [-0.1, -0.05) is 28.1 Å². The van der Waals surface area contributed by atoms with Gasteiger partial charge in [0.15, 0.2) is 5.11 Å². The number of amides is 2. The van der Waals surface area contributed by atoms with Crippen LogP contribution in [-0.4, -0.2) is 53.0 Å². The largest absolute Gasteiger partial charge is 0.497 e. The molecule has 1 atom stereocenters. The van der Waals surface area contributed by atoms with E-state index in [-0.39, 0.29) is 18.2 Å². The summed E-state index contributed by atoms with van der Waals surface area (Å²) in [6, 6.07) is 14.5. The molecule has 1 heterocycles.